The van der Waals surface area contributed by atoms with Gasteiger partial charge in [-0.25, -0.2) is 9.79 Å². The average Bonchev–Trinajstić information content (AvgIpc) is 2.87. The molecule has 0 bridgehead atoms. The zero-order valence-electron chi connectivity index (χ0n) is 14.5. The Morgan fingerprint density at radius 1 is 1.25 bits per heavy atom. The molecule has 1 aliphatic carbocycles. The molecule has 0 spiro atoms. The van der Waals surface area contributed by atoms with Crippen molar-refractivity contribution >= 4 is 11.9 Å². The summed E-state index contributed by atoms with van der Waals surface area (Å²) in [4.78, 5) is 16.2. The molecule has 1 saturated carbocycles. The van der Waals surface area contributed by atoms with Gasteiger partial charge in [0.25, 0.3) is 0 Å². The number of nitrogens with zero attached hydrogens (tertiary/aromatic N) is 1. The number of ether oxygens (including phenoxy) is 2. The summed E-state index contributed by atoms with van der Waals surface area (Å²) < 4.78 is 9.97. The van der Waals surface area contributed by atoms with Gasteiger partial charge in [0.2, 0.25) is 0 Å². The van der Waals surface area contributed by atoms with Crippen LogP contribution in [0.4, 0.5) is 0 Å². The van der Waals surface area contributed by atoms with E-state index in [0.29, 0.717) is 29.9 Å². The third-order valence-corrected chi connectivity index (χ3v) is 4.31. The second kappa shape index (κ2) is 9.15. The molecule has 132 valence electrons. The number of esters is 1. The number of nitrogens with two attached hydrogens (primary N) is 1. The van der Waals surface area contributed by atoms with Gasteiger partial charge in [0.15, 0.2) is 5.96 Å². The minimum Gasteiger partial charge on any atom is -0.496 e. The summed E-state index contributed by atoms with van der Waals surface area (Å²) in [5, 5.41) is 3.31. The zero-order valence-corrected chi connectivity index (χ0v) is 14.5. The number of guanidine groups is 1. The lowest BCUT2D eigenvalue weighted by Gasteiger charge is -2.16. The fourth-order valence-corrected chi connectivity index (χ4v) is 2.98. The van der Waals surface area contributed by atoms with E-state index in [0.717, 1.165) is 18.4 Å². The number of hydrogen-bond acceptors (Lipinski definition) is 4. The first-order valence-corrected chi connectivity index (χ1v) is 8.45. The van der Waals surface area contributed by atoms with E-state index in [1.807, 2.05) is 6.07 Å². The van der Waals surface area contributed by atoms with Crippen molar-refractivity contribution in [1.29, 1.82) is 0 Å². The molecule has 1 aromatic rings. The molecule has 0 saturated heterocycles. The first-order valence-electron chi connectivity index (χ1n) is 8.45. The van der Waals surface area contributed by atoms with Crippen LogP contribution < -0.4 is 15.8 Å². The van der Waals surface area contributed by atoms with Gasteiger partial charge in [-0.2, -0.15) is 0 Å². The van der Waals surface area contributed by atoms with Gasteiger partial charge in [-0.3, -0.25) is 0 Å². The number of hydrogen-bond donors (Lipinski definition) is 2. The van der Waals surface area contributed by atoms with E-state index in [4.69, 9.17) is 15.2 Å². The second-order valence-corrected chi connectivity index (χ2v) is 6.06. The molecule has 0 heterocycles. The number of carbonyl (C=O) groups is 1. The average molecular weight is 333 g/mol. The Morgan fingerprint density at radius 3 is 2.58 bits per heavy atom. The van der Waals surface area contributed by atoms with E-state index < -0.39 is 5.97 Å². The van der Waals surface area contributed by atoms with Gasteiger partial charge in [-0.15, -0.1) is 0 Å². The smallest absolute Gasteiger partial charge is 0.341 e. The molecule has 24 heavy (non-hydrogen) atoms. The summed E-state index contributed by atoms with van der Waals surface area (Å²) in [6, 6.07) is 5.75. The summed E-state index contributed by atoms with van der Waals surface area (Å²) in [6.45, 7) is 0.402. The Morgan fingerprint density at radius 2 is 1.96 bits per heavy atom. The first-order chi connectivity index (χ1) is 11.6. The van der Waals surface area contributed by atoms with Crippen LogP contribution in [-0.4, -0.2) is 32.2 Å². The highest BCUT2D eigenvalue weighted by Crippen LogP contribution is 2.21. The molecule has 0 aromatic heterocycles. The zero-order chi connectivity index (χ0) is 17.4. The molecular weight excluding hydrogens is 306 g/mol. The molecule has 6 heteroatoms. The normalized spacial score (nSPS) is 16.3. The molecule has 0 aliphatic heterocycles. The van der Waals surface area contributed by atoms with Gasteiger partial charge in [0.05, 0.1) is 20.8 Å². The lowest BCUT2D eigenvalue weighted by molar-refractivity contribution is 0.0597. The number of methoxy groups -OCH3 is 2. The summed E-state index contributed by atoms with van der Waals surface area (Å²) in [7, 11) is 2.87. The minimum absolute atomic E-state index is 0.392. The topological polar surface area (TPSA) is 85.9 Å². The molecule has 2 rings (SSSR count). The lowest BCUT2D eigenvalue weighted by Crippen LogP contribution is -2.39. The van der Waals surface area contributed by atoms with E-state index in [1.54, 1.807) is 12.1 Å². The number of rotatable bonds is 5. The van der Waals surface area contributed by atoms with Crippen LogP contribution in [0.3, 0.4) is 0 Å². The quantitative estimate of drug-likeness (QED) is 0.374. The monoisotopic (exact) mass is 333 g/mol. The number of aliphatic imine (C=N–C) groups is 1. The van der Waals surface area contributed by atoms with Crippen molar-refractivity contribution in [3.05, 3.63) is 29.3 Å². The van der Waals surface area contributed by atoms with E-state index in [-0.39, 0.29) is 0 Å². The Labute approximate surface area is 143 Å². The van der Waals surface area contributed by atoms with E-state index in [9.17, 15) is 4.79 Å². The van der Waals surface area contributed by atoms with Crippen LogP contribution in [0.2, 0.25) is 0 Å². The van der Waals surface area contributed by atoms with E-state index in [1.165, 1.54) is 39.9 Å². The molecule has 1 fully saturated rings. The lowest BCUT2D eigenvalue weighted by atomic mass is 10.1. The minimum atomic E-state index is -0.428. The maximum absolute atomic E-state index is 11.8. The molecule has 6 nitrogen and oxygen atoms in total. The van der Waals surface area contributed by atoms with Crippen molar-refractivity contribution in [2.24, 2.45) is 10.7 Å². The van der Waals surface area contributed by atoms with E-state index >= 15 is 0 Å². The summed E-state index contributed by atoms with van der Waals surface area (Å²) in [6.07, 6.45) is 7.38. The molecule has 0 atom stereocenters. The van der Waals surface area contributed by atoms with Gasteiger partial charge in [0.1, 0.15) is 11.3 Å². The standard InChI is InChI=1S/C18H27N3O3/c1-23-16-10-9-13(11-15(16)17(22)24-2)12-20-18(19)21-14-7-5-3-4-6-8-14/h9-11,14H,3-8,12H2,1-2H3,(H3,19,20,21). The predicted molar refractivity (Wildman–Crippen MR) is 94.3 cm³/mol. The van der Waals surface area contributed by atoms with Gasteiger partial charge in [0, 0.05) is 6.04 Å². The number of carbonyl (C=O) groups excluding carboxylic acids is 1. The second-order valence-electron chi connectivity index (χ2n) is 6.06. The van der Waals surface area contributed by atoms with E-state index in [2.05, 4.69) is 10.3 Å². The SMILES string of the molecule is COC(=O)c1cc(CN=C(N)NC2CCCCCC2)ccc1OC. The maximum Gasteiger partial charge on any atom is 0.341 e. The maximum atomic E-state index is 11.8. The van der Waals surface area contributed by atoms with Gasteiger partial charge in [-0.1, -0.05) is 31.7 Å². The Hall–Kier alpha value is -2.24. The predicted octanol–water partition coefficient (Wildman–Crippen LogP) is 2.61. The van der Waals surface area contributed by atoms with Crippen LogP contribution in [0.1, 0.15) is 54.4 Å². The highest BCUT2D eigenvalue weighted by molar-refractivity contribution is 5.92. The van der Waals surface area contributed by atoms with Gasteiger partial charge < -0.3 is 20.5 Å². The Balaban J connectivity index is 2.00. The molecule has 1 aromatic carbocycles. The van der Waals surface area contributed by atoms with Gasteiger partial charge >= 0.3 is 5.97 Å². The highest BCUT2D eigenvalue weighted by Gasteiger charge is 2.14. The van der Waals surface area contributed by atoms with Crippen LogP contribution in [-0.2, 0) is 11.3 Å². The molecule has 0 radical (unpaired) electrons. The summed E-state index contributed by atoms with van der Waals surface area (Å²) in [5.41, 5.74) is 7.27. The van der Waals surface area contributed by atoms with Crippen molar-refractivity contribution < 1.29 is 14.3 Å². The van der Waals surface area contributed by atoms with Crippen LogP contribution in [0, 0.1) is 0 Å². The fourth-order valence-electron chi connectivity index (χ4n) is 2.98. The Bertz CT molecular complexity index is 579. The van der Waals surface area contributed by atoms with Crippen molar-refractivity contribution in [1.82, 2.24) is 5.32 Å². The van der Waals surface area contributed by atoms with Crippen molar-refractivity contribution in [2.45, 2.75) is 51.1 Å². The third kappa shape index (κ3) is 5.15. The first kappa shape index (κ1) is 18.1. The summed E-state index contributed by atoms with van der Waals surface area (Å²) in [5.74, 6) is 0.513. The summed E-state index contributed by atoms with van der Waals surface area (Å²) >= 11 is 0. The van der Waals surface area contributed by atoms with Crippen molar-refractivity contribution in [3.63, 3.8) is 0 Å². The third-order valence-electron chi connectivity index (χ3n) is 4.31. The van der Waals surface area contributed by atoms with Gasteiger partial charge in [-0.05, 0) is 30.5 Å². The Kier molecular flexibility index (Phi) is 6.90. The molecule has 0 amide bonds. The highest BCUT2D eigenvalue weighted by atomic mass is 16.5. The van der Waals surface area contributed by atoms with Crippen molar-refractivity contribution in [2.75, 3.05) is 14.2 Å². The fraction of sp³-hybridized carbons (Fsp3) is 0.556. The molecule has 0 unspecified atom stereocenters. The van der Waals surface area contributed by atoms with Crippen LogP contribution in [0.5, 0.6) is 5.75 Å². The van der Waals surface area contributed by atoms with Crippen LogP contribution >= 0.6 is 0 Å². The largest absolute Gasteiger partial charge is 0.496 e. The van der Waals surface area contributed by atoms with Crippen molar-refractivity contribution in [3.8, 4) is 5.75 Å². The molecule has 1 aliphatic rings. The molecule has 3 N–H and O–H groups in total. The van der Waals surface area contributed by atoms with Crippen LogP contribution in [0.15, 0.2) is 23.2 Å². The number of nitrogens with one attached hydrogen (secondary N) is 1. The van der Waals surface area contributed by atoms with Crippen LogP contribution in [0.25, 0.3) is 0 Å². The number of benzene rings is 1. The molecular formula is C18H27N3O3.